The SMILES string of the molecule is CCNC(=O)[C@@H](C)OC(=O)c1ccccc1C. The smallest absolute Gasteiger partial charge is 0.339 e. The molecule has 1 aromatic rings. The molecule has 0 aliphatic carbocycles. The van der Waals surface area contributed by atoms with Crippen LogP contribution in [0.5, 0.6) is 0 Å². The van der Waals surface area contributed by atoms with Crippen molar-refractivity contribution in [3.63, 3.8) is 0 Å². The molecule has 0 bridgehead atoms. The molecule has 0 aromatic heterocycles. The van der Waals surface area contributed by atoms with E-state index in [0.717, 1.165) is 5.56 Å². The number of nitrogens with one attached hydrogen (secondary N) is 1. The zero-order valence-electron chi connectivity index (χ0n) is 10.3. The van der Waals surface area contributed by atoms with E-state index in [0.29, 0.717) is 12.1 Å². The highest BCUT2D eigenvalue weighted by Crippen LogP contribution is 2.09. The maximum atomic E-state index is 11.8. The fourth-order valence-corrected chi connectivity index (χ4v) is 1.40. The molecule has 0 aliphatic rings. The second-order valence-electron chi connectivity index (χ2n) is 3.76. The van der Waals surface area contributed by atoms with Crippen molar-refractivity contribution in [3.8, 4) is 0 Å². The van der Waals surface area contributed by atoms with Gasteiger partial charge in [0.15, 0.2) is 6.10 Å². The predicted octanol–water partition coefficient (Wildman–Crippen LogP) is 1.68. The van der Waals surface area contributed by atoms with Crippen molar-refractivity contribution in [2.45, 2.75) is 26.9 Å². The second kappa shape index (κ2) is 6.03. The van der Waals surface area contributed by atoms with Crippen LogP contribution in [0.2, 0.25) is 0 Å². The van der Waals surface area contributed by atoms with Gasteiger partial charge in [-0.05, 0) is 32.4 Å². The van der Waals surface area contributed by atoms with Gasteiger partial charge in [0.25, 0.3) is 5.91 Å². The number of likely N-dealkylation sites (N-methyl/N-ethyl adjacent to an activating group) is 1. The Hall–Kier alpha value is -1.84. The van der Waals surface area contributed by atoms with Crippen LogP contribution >= 0.6 is 0 Å². The van der Waals surface area contributed by atoms with E-state index in [1.165, 1.54) is 0 Å². The highest BCUT2D eigenvalue weighted by Gasteiger charge is 2.18. The molecule has 1 rings (SSSR count). The maximum absolute atomic E-state index is 11.8. The average molecular weight is 235 g/mol. The third-order valence-electron chi connectivity index (χ3n) is 2.37. The van der Waals surface area contributed by atoms with Gasteiger partial charge in [-0.1, -0.05) is 18.2 Å². The minimum absolute atomic E-state index is 0.283. The number of ether oxygens (including phenoxy) is 1. The van der Waals surface area contributed by atoms with Crippen LogP contribution in [-0.2, 0) is 9.53 Å². The molecule has 0 saturated heterocycles. The van der Waals surface area contributed by atoms with E-state index < -0.39 is 12.1 Å². The van der Waals surface area contributed by atoms with E-state index in [9.17, 15) is 9.59 Å². The predicted molar refractivity (Wildman–Crippen MR) is 64.7 cm³/mol. The van der Waals surface area contributed by atoms with Crippen LogP contribution in [0.4, 0.5) is 0 Å². The molecule has 4 nitrogen and oxygen atoms in total. The first-order chi connectivity index (χ1) is 8.06. The summed E-state index contributed by atoms with van der Waals surface area (Å²) in [6, 6.07) is 7.12. The summed E-state index contributed by atoms with van der Waals surface area (Å²) in [6.07, 6.45) is -0.776. The second-order valence-corrected chi connectivity index (χ2v) is 3.76. The van der Waals surface area contributed by atoms with Gasteiger partial charge in [-0.3, -0.25) is 4.79 Å². The Kier molecular flexibility index (Phi) is 4.69. The molecule has 1 aromatic carbocycles. The summed E-state index contributed by atoms with van der Waals surface area (Å²) in [6.45, 7) is 5.72. The Bertz CT molecular complexity index is 415. The molecule has 1 N–H and O–H groups in total. The fraction of sp³-hybridized carbons (Fsp3) is 0.385. The summed E-state index contributed by atoms with van der Waals surface area (Å²) in [5.41, 5.74) is 1.32. The van der Waals surface area contributed by atoms with Crippen LogP contribution in [0.25, 0.3) is 0 Å². The molecule has 0 unspecified atom stereocenters. The van der Waals surface area contributed by atoms with Crippen LogP contribution in [0.1, 0.15) is 29.8 Å². The van der Waals surface area contributed by atoms with Gasteiger partial charge in [0, 0.05) is 6.54 Å². The molecule has 0 radical (unpaired) electrons. The van der Waals surface area contributed by atoms with Crippen molar-refractivity contribution in [1.29, 1.82) is 0 Å². The molecule has 0 heterocycles. The largest absolute Gasteiger partial charge is 0.449 e. The maximum Gasteiger partial charge on any atom is 0.339 e. The van der Waals surface area contributed by atoms with E-state index in [1.807, 2.05) is 26.0 Å². The molecule has 92 valence electrons. The number of carbonyl (C=O) groups is 2. The normalized spacial score (nSPS) is 11.7. The number of carbonyl (C=O) groups excluding carboxylic acids is 2. The summed E-state index contributed by atoms with van der Waals surface area (Å²) in [5, 5.41) is 2.60. The van der Waals surface area contributed by atoms with Gasteiger partial charge in [-0.25, -0.2) is 4.79 Å². The van der Waals surface area contributed by atoms with Crippen molar-refractivity contribution in [3.05, 3.63) is 35.4 Å². The summed E-state index contributed by atoms with van der Waals surface area (Å²) in [5.74, 6) is -0.753. The molecule has 17 heavy (non-hydrogen) atoms. The Morgan fingerprint density at radius 3 is 2.59 bits per heavy atom. The Morgan fingerprint density at radius 1 is 1.35 bits per heavy atom. The zero-order valence-corrected chi connectivity index (χ0v) is 10.3. The average Bonchev–Trinajstić information content (AvgIpc) is 2.29. The van der Waals surface area contributed by atoms with Crippen LogP contribution in [-0.4, -0.2) is 24.5 Å². The molecule has 1 amide bonds. The first kappa shape index (κ1) is 13.2. The van der Waals surface area contributed by atoms with Crippen molar-refractivity contribution in [2.75, 3.05) is 6.54 Å². The lowest BCUT2D eigenvalue weighted by atomic mass is 10.1. The number of hydrogen-bond acceptors (Lipinski definition) is 3. The van der Waals surface area contributed by atoms with Crippen molar-refractivity contribution in [1.82, 2.24) is 5.32 Å². The first-order valence-corrected chi connectivity index (χ1v) is 5.60. The Morgan fingerprint density at radius 2 is 2.00 bits per heavy atom. The molecular weight excluding hydrogens is 218 g/mol. The molecule has 0 aliphatic heterocycles. The highest BCUT2D eigenvalue weighted by molar-refractivity contribution is 5.93. The highest BCUT2D eigenvalue weighted by atomic mass is 16.5. The van der Waals surface area contributed by atoms with E-state index >= 15 is 0 Å². The van der Waals surface area contributed by atoms with Gasteiger partial charge in [0.1, 0.15) is 0 Å². The van der Waals surface area contributed by atoms with Crippen LogP contribution in [0, 0.1) is 6.92 Å². The molecule has 0 fully saturated rings. The minimum Gasteiger partial charge on any atom is -0.449 e. The molecular formula is C13H17NO3. The van der Waals surface area contributed by atoms with Gasteiger partial charge >= 0.3 is 5.97 Å². The lowest BCUT2D eigenvalue weighted by Crippen LogP contribution is -2.35. The summed E-state index contributed by atoms with van der Waals surface area (Å²) < 4.78 is 5.08. The van der Waals surface area contributed by atoms with Crippen molar-refractivity contribution < 1.29 is 14.3 Å². The molecule has 1 atom stereocenters. The summed E-state index contributed by atoms with van der Waals surface area (Å²) in [7, 11) is 0. The van der Waals surface area contributed by atoms with Crippen LogP contribution in [0.15, 0.2) is 24.3 Å². The Labute approximate surface area is 101 Å². The van der Waals surface area contributed by atoms with Gasteiger partial charge in [-0.15, -0.1) is 0 Å². The van der Waals surface area contributed by atoms with Gasteiger partial charge in [0.05, 0.1) is 5.56 Å². The topological polar surface area (TPSA) is 55.4 Å². The summed E-state index contributed by atoms with van der Waals surface area (Å²) >= 11 is 0. The van der Waals surface area contributed by atoms with Gasteiger partial charge < -0.3 is 10.1 Å². The van der Waals surface area contributed by atoms with Crippen molar-refractivity contribution >= 4 is 11.9 Å². The van der Waals surface area contributed by atoms with Crippen molar-refractivity contribution in [2.24, 2.45) is 0 Å². The zero-order chi connectivity index (χ0) is 12.8. The number of hydrogen-bond donors (Lipinski definition) is 1. The number of rotatable bonds is 4. The monoisotopic (exact) mass is 235 g/mol. The molecule has 0 saturated carbocycles. The quantitative estimate of drug-likeness (QED) is 0.808. The lowest BCUT2D eigenvalue weighted by Gasteiger charge is -2.13. The standard InChI is InChI=1S/C13H17NO3/c1-4-14-12(15)10(3)17-13(16)11-8-6-5-7-9(11)2/h5-8,10H,4H2,1-3H3,(H,14,15)/t10-/m1/s1. The van der Waals surface area contributed by atoms with Gasteiger partial charge in [-0.2, -0.15) is 0 Å². The third kappa shape index (κ3) is 3.59. The number of esters is 1. The number of benzene rings is 1. The molecule has 0 spiro atoms. The van der Waals surface area contributed by atoms with Crippen LogP contribution in [0.3, 0.4) is 0 Å². The van der Waals surface area contributed by atoms with Crippen LogP contribution < -0.4 is 5.32 Å². The van der Waals surface area contributed by atoms with Gasteiger partial charge in [0.2, 0.25) is 0 Å². The van der Waals surface area contributed by atoms with E-state index in [2.05, 4.69) is 5.32 Å². The summed E-state index contributed by atoms with van der Waals surface area (Å²) in [4.78, 5) is 23.2. The first-order valence-electron chi connectivity index (χ1n) is 5.60. The number of amides is 1. The van der Waals surface area contributed by atoms with E-state index in [4.69, 9.17) is 4.74 Å². The van der Waals surface area contributed by atoms with E-state index in [-0.39, 0.29) is 5.91 Å². The number of aryl methyl sites for hydroxylation is 1. The fourth-order valence-electron chi connectivity index (χ4n) is 1.40. The lowest BCUT2D eigenvalue weighted by molar-refractivity contribution is -0.128. The minimum atomic E-state index is -0.776. The molecule has 4 heteroatoms. The third-order valence-corrected chi connectivity index (χ3v) is 2.37. The van der Waals surface area contributed by atoms with E-state index in [1.54, 1.807) is 19.1 Å². The Balaban J connectivity index is 2.67.